The van der Waals surface area contributed by atoms with Gasteiger partial charge in [-0.2, -0.15) is 5.26 Å². The summed E-state index contributed by atoms with van der Waals surface area (Å²) in [6.45, 7) is 5.09. The summed E-state index contributed by atoms with van der Waals surface area (Å²) in [5.74, 6) is 7.14. The fourth-order valence-corrected chi connectivity index (χ4v) is 6.71. The highest BCUT2D eigenvalue weighted by atomic mass is 35.5. The smallest absolute Gasteiger partial charge is 0.153 e. The number of likely N-dealkylation sites (tertiary alicyclic amines) is 1. The summed E-state index contributed by atoms with van der Waals surface area (Å²) < 4.78 is 19.5. The lowest BCUT2D eigenvalue weighted by Gasteiger charge is -2.40. The van der Waals surface area contributed by atoms with Crippen molar-refractivity contribution in [2.24, 2.45) is 5.92 Å². The zero-order chi connectivity index (χ0) is 36.3. The molecule has 8 nitrogen and oxygen atoms in total. The molecule has 1 aliphatic heterocycles. The van der Waals surface area contributed by atoms with Crippen LogP contribution in [0.25, 0.3) is 5.57 Å². The number of benzene rings is 3. The number of β-amino-alcohol motifs (C(OH)–C–C–N with tert-alkyl or cyclic N) is 1. The van der Waals surface area contributed by atoms with E-state index in [1.54, 1.807) is 18.3 Å². The Labute approximate surface area is 309 Å². The Morgan fingerprint density at radius 2 is 1.81 bits per heavy atom. The third-order valence-corrected chi connectivity index (χ3v) is 9.64. The van der Waals surface area contributed by atoms with Crippen LogP contribution in [-0.4, -0.2) is 65.8 Å². The molecule has 0 radical (unpaired) electrons. The summed E-state index contributed by atoms with van der Waals surface area (Å²) in [5, 5.41) is 19.5. The fraction of sp³-hybridized carbons (Fsp3) is 0.279. The van der Waals surface area contributed by atoms with E-state index in [-0.39, 0.29) is 41.6 Å². The first-order valence-electron chi connectivity index (χ1n) is 17.4. The first kappa shape index (κ1) is 36.6. The van der Waals surface area contributed by atoms with Gasteiger partial charge in [-0.3, -0.25) is 9.78 Å². The van der Waals surface area contributed by atoms with Gasteiger partial charge in [0.2, 0.25) is 0 Å². The standard InChI is InChI=1S/C43H40ClN3O5/c1-31-39(36-11-6-3-7-12-36)20-33(14-13-32-9-4-2-5-10-32)23-43(31,52-18-8-16-47-17-15-38(49)27-47)30-51-42-22-41(37(28-48)21-40(42)44)50-29-35-19-34(24-45)25-46-26-35/h2-7,9-12,19-23,25-26,28,31,38,49H,8,15-18,27,29-30H2,1H3/t31-,38?,43?/m1/s1. The van der Waals surface area contributed by atoms with E-state index in [1.165, 1.54) is 12.3 Å². The van der Waals surface area contributed by atoms with Crippen LogP contribution in [0.1, 0.15) is 52.4 Å². The highest BCUT2D eigenvalue weighted by molar-refractivity contribution is 6.32. The molecule has 2 heterocycles. The predicted octanol–water partition coefficient (Wildman–Crippen LogP) is 7.30. The van der Waals surface area contributed by atoms with Gasteiger partial charge < -0.3 is 24.2 Å². The quantitative estimate of drug-likeness (QED) is 0.0875. The van der Waals surface area contributed by atoms with E-state index in [0.717, 1.165) is 48.2 Å². The molecule has 4 aromatic rings. The van der Waals surface area contributed by atoms with Crippen LogP contribution in [0.2, 0.25) is 5.02 Å². The lowest BCUT2D eigenvalue weighted by atomic mass is 9.75. The average molecular weight is 714 g/mol. The van der Waals surface area contributed by atoms with Gasteiger partial charge in [-0.15, -0.1) is 0 Å². The molecule has 1 N–H and O–H groups in total. The summed E-state index contributed by atoms with van der Waals surface area (Å²) in [6, 6.07) is 26.9. The lowest BCUT2D eigenvalue weighted by molar-refractivity contribution is -0.0620. The molecule has 2 unspecified atom stereocenters. The molecule has 0 bridgehead atoms. The number of rotatable bonds is 13. The second-order valence-corrected chi connectivity index (χ2v) is 13.4. The predicted molar refractivity (Wildman–Crippen MR) is 201 cm³/mol. The van der Waals surface area contributed by atoms with Crippen molar-refractivity contribution in [3.05, 3.63) is 142 Å². The molecule has 9 heteroatoms. The summed E-state index contributed by atoms with van der Waals surface area (Å²) in [4.78, 5) is 18.4. The topological polar surface area (TPSA) is 105 Å². The minimum absolute atomic E-state index is 0.0833. The number of nitriles is 1. The Bertz CT molecular complexity index is 2030. The number of allylic oxidation sites excluding steroid dienone is 2. The number of pyridine rings is 1. The summed E-state index contributed by atoms with van der Waals surface area (Å²) in [7, 11) is 0. The zero-order valence-electron chi connectivity index (χ0n) is 29.0. The number of nitrogens with zero attached hydrogens (tertiary/aromatic N) is 3. The van der Waals surface area contributed by atoms with Crippen molar-refractivity contribution >= 4 is 23.5 Å². The van der Waals surface area contributed by atoms with Gasteiger partial charge >= 0.3 is 0 Å². The number of aliphatic hydroxyl groups is 1. The maximum Gasteiger partial charge on any atom is 0.153 e. The van der Waals surface area contributed by atoms with Crippen molar-refractivity contribution in [1.82, 2.24) is 9.88 Å². The molecule has 1 aromatic heterocycles. The molecule has 1 aliphatic carbocycles. The van der Waals surface area contributed by atoms with Gasteiger partial charge in [-0.25, -0.2) is 0 Å². The van der Waals surface area contributed by atoms with Crippen molar-refractivity contribution in [1.29, 1.82) is 5.26 Å². The number of carbonyl (C=O) groups excluding carboxylic acids is 1. The summed E-state index contributed by atoms with van der Waals surface area (Å²) in [6.07, 6.45) is 9.20. The zero-order valence-corrected chi connectivity index (χ0v) is 29.8. The van der Waals surface area contributed by atoms with Crippen LogP contribution in [0.5, 0.6) is 11.5 Å². The monoisotopic (exact) mass is 713 g/mol. The van der Waals surface area contributed by atoms with Crippen LogP contribution in [0.15, 0.2) is 109 Å². The van der Waals surface area contributed by atoms with Crippen LogP contribution in [0, 0.1) is 29.1 Å². The van der Waals surface area contributed by atoms with E-state index < -0.39 is 5.60 Å². The second-order valence-electron chi connectivity index (χ2n) is 13.0. The first-order valence-corrected chi connectivity index (χ1v) is 17.7. The van der Waals surface area contributed by atoms with Gasteiger partial charge in [-0.05, 0) is 60.4 Å². The Kier molecular flexibility index (Phi) is 12.2. The third-order valence-electron chi connectivity index (χ3n) is 9.34. The molecule has 1 saturated heterocycles. The van der Waals surface area contributed by atoms with E-state index in [9.17, 15) is 15.2 Å². The maximum absolute atomic E-state index is 12.0. The van der Waals surface area contributed by atoms with Crippen molar-refractivity contribution < 1.29 is 24.1 Å². The number of hydrogen-bond acceptors (Lipinski definition) is 8. The molecule has 3 aromatic carbocycles. The number of hydrogen-bond donors (Lipinski definition) is 1. The van der Waals surface area contributed by atoms with E-state index in [0.29, 0.717) is 36.3 Å². The van der Waals surface area contributed by atoms with Gasteiger partial charge in [0.25, 0.3) is 0 Å². The normalized spacial score (nSPS) is 19.8. The van der Waals surface area contributed by atoms with Crippen molar-refractivity contribution in [2.75, 3.05) is 32.8 Å². The van der Waals surface area contributed by atoms with Gasteiger partial charge in [-0.1, -0.05) is 78.9 Å². The van der Waals surface area contributed by atoms with Gasteiger partial charge in [0.1, 0.15) is 36.4 Å². The minimum atomic E-state index is -0.956. The number of carbonyl (C=O) groups is 1. The molecule has 3 atom stereocenters. The Morgan fingerprint density at radius 1 is 1.02 bits per heavy atom. The van der Waals surface area contributed by atoms with Crippen molar-refractivity contribution in [2.45, 2.75) is 38.1 Å². The Balaban J connectivity index is 1.32. The van der Waals surface area contributed by atoms with E-state index in [4.69, 9.17) is 25.8 Å². The Hall–Kier alpha value is -5.22. The van der Waals surface area contributed by atoms with Crippen molar-refractivity contribution in [3.8, 4) is 29.4 Å². The van der Waals surface area contributed by atoms with Crippen LogP contribution < -0.4 is 9.47 Å². The van der Waals surface area contributed by atoms with Gasteiger partial charge in [0.15, 0.2) is 6.29 Å². The number of aldehydes is 1. The van der Waals surface area contributed by atoms with E-state index in [2.05, 4.69) is 59.0 Å². The van der Waals surface area contributed by atoms with Gasteiger partial charge in [0, 0.05) is 67.3 Å². The number of ether oxygens (including phenoxy) is 3. The largest absolute Gasteiger partial charge is 0.488 e. The highest BCUT2D eigenvalue weighted by Crippen LogP contribution is 2.42. The molecule has 0 spiro atoms. The van der Waals surface area contributed by atoms with E-state index >= 15 is 0 Å². The molecular formula is C43H40ClN3O5. The SMILES string of the molecule is C[C@@H]1C(c2ccccc2)=CC(C#Cc2ccccc2)=CC1(COc1cc(OCc2cncc(C#N)c2)c(C=O)cc1Cl)OCCCN1CCC(O)C1. The molecule has 264 valence electrons. The lowest BCUT2D eigenvalue weighted by Crippen LogP contribution is -2.46. The highest BCUT2D eigenvalue weighted by Gasteiger charge is 2.42. The number of halogens is 1. The number of aromatic nitrogens is 1. The Morgan fingerprint density at radius 3 is 2.54 bits per heavy atom. The van der Waals surface area contributed by atoms with Gasteiger partial charge in [0.05, 0.1) is 22.3 Å². The second kappa shape index (κ2) is 17.3. The van der Waals surface area contributed by atoms with Crippen molar-refractivity contribution in [3.63, 3.8) is 0 Å². The van der Waals surface area contributed by atoms with Crippen LogP contribution in [0.4, 0.5) is 0 Å². The maximum atomic E-state index is 12.0. The third kappa shape index (κ3) is 9.16. The van der Waals surface area contributed by atoms with Crippen LogP contribution in [-0.2, 0) is 11.3 Å². The molecular weight excluding hydrogens is 674 g/mol. The molecule has 6 rings (SSSR count). The first-order chi connectivity index (χ1) is 25.4. The molecule has 2 aliphatic rings. The molecule has 0 amide bonds. The summed E-state index contributed by atoms with van der Waals surface area (Å²) in [5.41, 5.74) is 4.21. The molecule has 52 heavy (non-hydrogen) atoms. The average Bonchev–Trinajstić information content (AvgIpc) is 3.60. The van der Waals surface area contributed by atoms with Crippen LogP contribution >= 0.6 is 11.6 Å². The fourth-order valence-electron chi connectivity index (χ4n) is 6.49. The van der Waals surface area contributed by atoms with E-state index in [1.807, 2.05) is 48.5 Å². The minimum Gasteiger partial charge on any atom is -0.488 e. The van der Waals surface area contributed by atoms with Crippen LogP contribution in [0.3, 0.4) is 0 Å². The number of aliphatic hydroxyl groups excluding tert-OH is 1. The molecule has 0 saturated carbocycles. The molecule has 1 fully saturated rings. The summed E-state index contributed by atoms with van der Waals surface area (Å²) >= 11 is 6.72.